The molecule has 0 radical (unpaired) electrons. The molecule has 4 aromatic rings. The minimum absolute atomic E-state index is 0.000681. The molecule has 1 aliphatic heterocycles. The molecule has 0 spiro atoms. The van der Waals surface area contributed by atoms with Gasteiger partial charge in [-0.2, -0.15) is 9.89 Å². The molecule has 0 aliphatic carbocycles. The first-order valence-corrected chi connectivity index (χ1v) is 15.8. The smallest absolute Gasteiger partial charge is 0.273 e. The molecule has 43 heavy (non-hydrogen) atoms. The van der Waals surface area contributed by atoms with E-state index in [1.54, 1.807) is 12.1 Å². The number of anilines is 2. The van der Waals surface area contributed by atoms with E-state index in [-0.39, 0.29) is 21.9 Å². The van der Waals surface area contributed by atoms with Gasteiger partial charge >= 0.3 is 0 Å². The molecule has 12 heteroatoms. The number of aromatic nitrogens is 2. The van der Waals surface area contributed by atoms with E-state index in [0.29, 0.717) is 28.8 Å². The van der Waals surface area contributed by atoms with Crippen molar-refractivity contribution in [2.45, 2.75) is 41.7 Å². The fourth-order valence-corrected chi connectivity index (χ4v) is 6.39. The Bertz CT molecular complexity index is 1700. The molecule has 5 rings (SSSR count). The van der Waals surface area contributed by atoms with Gasteiger partial charge in [-0.05, 0) is 101 Å². The second kappa shape index (κ2) is 13.1. The van der Waals surface area contributed by atoms with Crippen molar-refractivity contribution in [3.8, 4) is 0 Å². The van der Waals surface area contributed by atoms with E-state index in [1.165, 1.54) is 41.3 Å². The van der Waals surface area contributed by atoms with Crippen molar-refractivity contribution in [2.75, 3.05) is 56.5 Å². The minimum Gasteiger partial charge on any atom is -0.374 e. The van der Waals surface area contributed by atoms with Gasteiger partial charge in [0.25, 0.3) is 5.91 Å². The summed E-state index contributed by atoms with van der Waals surface area (Å²) in [5.41, 5.74) is 5.38. The highest BCUT2D eigenvalue weighted by Crippen LogP contribution is 2.28. The summed E-state index contributed by atoms with van der Waals surface area (Å²) in [5.74, 6) is -1.02. The molecule has 2 N–H and O–H groups in total. The number of carbonyl (C=O) groups is 1. The maximum Gasteiger partial charge on any atom is 0.273 e. The summed E-state index contributed by atoms with van der Waals surface area (Å²) in [7, 11) is 2.19. The lowest BCUT2D eigenvalue weighted by molar-refractivity contribution is 0.0343. The van der Waals surface area contributed by atoms with Gasteiger partial charge in [0.05, 0.1) is 32.8 Å². The van der Waals surface area contributed by atoms with Crippen LogP contribution >= 0.6 is 0 Å². The minimum atomic E-state index is -3.94. The van der Waals surface area contributed by atoms with Crippen molar-refractivity contribution in [3.63, 3.8) is 0 Å². The Balaban J connectivity index is 1.38. The predicted molar refractivity (Wildman–Crippen MR) is 165 cm³/mol. The molecule has 1 saturated heterocycles. The number of fused-ring (bicyclic) bond motifs is 1. The summed E-state index contributed by atoms with van der Waals surface area (Å²) in [6.45, 7) is 2.50. The molecule has 1 atom stereocenters. The second-order valence-corrected chi connectivity index (χ2v) is 12.9. The van der Waals surface area contributed by atoms with Crippen LogP contribution in [-0.4, -0.2) is 76.2 Å². The third-order valence-corrected chi connectivity index (χ3v) is 9.20. The van der Waals surface area contributed by atoms with Crippen molar-refractivity contribution < 1.29 is 22.3 Å². The van der Waals surface area contributed by atoms with Gasteiger partial charge in [0, 0.05) is 31.3 Å². The Labute approximate surface area is 251 Å². The van der Waals surface area contributed by atoms with Gasteiger partial charge in [0.15, 0.2) is 0 Å². The SMILES string of the molecule is CN(C)CCCN(C)c1ccc(C(=O)Nn2ncc3cc(S(=O)(=O)c4cccc(F)c4)ccc32)c(NC2CCCCO2)c1. The lowest BCUT2D eigenvalue weighted by Gasteiger charge is -2.27. The number of hydrogen-bond donors (Lipinski definition) is 2. The zero-order chi connectivity index (χ0) is 30.6. The summed E-state index contributed by atoms with van der Waals surface area (Å²) in [6, 6.07) is 15.0. The number of amides is 1. The molecule has 1 aliphatic rings. The summed E-state index contributed by atoms with van der Waals surface area (Å²) in [4.78, 5) is 19.1. The Kier molecular flexibility index (Phi) is 9.28. The van der Waals surface area contributed by atoms with Gasteiger partial charge in [-0.3, -0.25) is 4.79 Å². The number of hydrogen-bond acceptors (Lipinski definition) is 8. The van der Waals surface area contributed by atoms with Crippen LogP contribution in [-0.2, 0) is 14.6 Å². The van der Waals surface area contributed by atoms with Gasteiger partial charge in [0.2, 0.25) is 9.84 Å². The van der Waals surface area contributed by atoms with E-state index >= 15 is 0 Å². The Morgan fingerprint density at radius 1 is 1.05 bits per heavy atom. The lowest BCUT2D eigenvalue weighted by Crippen LogP contribution is -2.30. The van der Waals surface area contributed by atoms with E-state index in [9.17, 15) is 17.6 Å². The van der Waals surface area contributed by atoms with Crippen LogP contribution in [0.3, 0.4) is 0 Å². The zero-order valence-corrected chi connectivity index (χ0v) is 25.4. The molecule has 228 valence electrons. The standard InChI is InChI=1S/C31H37FN6O4S/c1-36(2)15-7-16-37(3)24-11-13-27(28(20-24)34-30-10-4-5-17-42-30)31(39)35-38-29-14-12-26(18-22(29)21-33-38)43(40,41)25-9-6-8-23(32)19-25/h6,8-9,11-14,18-21,30,34H,4-5,7,10,15-17H2,1-3H3,(H,35,39). The van der Waals surface area contributed by atoms with Crippen LogP contribution in [0.15, 0.2) is 76.7 Å². The van der Waals surface area contributed by atoms with E-state index in [4.69, 9.17) is 4.74 Å². The monoisotopic (exact) mass is 608 g/mol. The van der Waals surface area contributed by atoms with E-state index in [0.717, 1.165) is 50.5 Å². The average molecular weight is 609 g/mol. The molecule has 1 amide bonds. The van der Waals surface area contributed by atoms with Gasteiger partial charge < -0.3 is 19.9 Å². The van der Waals surface area contributed by atoms with Gasteiger partial charge in [-0.25, -0.2) is 18.2 Å². The number of ether oxygens (including phenoxy) is 1. The fraction of sp³-hybridized carbons (Fsp3) is 0.355. The first-order chi connectivity index (χ1) is 20.6. The largest absolute Gasteiger partial charge is 0.374 e. The highest BCUT2D eigenvalue weighted by molar-refractivity contribution is 7.91. The molecule has 10 nitrogen and oxygen atoms in total. The number of nitrogens with zero attached hydrogens (tertiary/aromatic N) is 4. The average Bonchev–Trinajstić information content (AvgIpc) is 3.39. The maximum atomic E-state index is 13.7. The number of nitrogens with one attached hydrogen (secondary N) is 2. The van der Waals surface area contributed by atoms with Crippen molar-refractivity contribution in [3.05, 3.63) is 78.2 Å². The Hall–Kier alpha value is -4.00. The molecular weight excluding hydrogens is 571 g/mol. The summed E-state index contributed by atoms with van der Waals surface area (Å²) in [5, 5.41) is 8.20. The number of benzene rings is 3. The van der Waals surface area contributed by atoms with E-state index in [2.05, 4.69) is 39.7 Å². The maximum absolute atomic E-state index is 13.7. The number of rotatable bonds is 11. The molecular formula is C31H37FN6O4S. The lowest BCUT2D eigenvalue weighted by atomic mass is 10.1. The third-order valence-electron chi connectivity index (χ3n) is 7.45. The van der Waals surface area contributed by atoms with E-state index in [1.807, 2.05) is 19.2 Å². The Morgan fingerprint density at radius 2 is 1.86 bits per heavy atom. The van der Waals surface area contributed by atoms with Crippen molar-refractivity contribution in [2.24, 2.45) is 0 Å². The normalized spacial score (nSPS) is 15.5. The zero-order valence-electron chi connectivity index (χ0n) is 24.6. The number of sulfone groups is 1. The van der Waals surface area contributed by atoms with Crippen molar-refractivity contribution >= 4 is 38.0 Å². The van der Waals surface area contributed by atoms with Gasteiger partial charge in [-0.1, -0.05) is 6.07 Å². The third kappa shape index (κ3) is 7.15. The van der Waals surface area contributed by atoms with E-state index < -0.39 is 15.7 Å². The Morgan fingerprint density at radius 3 is 2.60 bits per heavy atom. The molecule has 0 bridgehead atoms. The molecule has 1 unspecified atom stereocenters. The fourth-order valence-electron chi connectivity index (χ4n) is 5.06. The number of halogens is 1. The van der Waals surface area contributed by atoms with Crippen LogP contribution in [0.5, 0.6) is 0 Å². The van der Waals surface area contributed by atoms with Crippen LogP contribution < -0.4 is 15.6 Å². The first-order valence-electron chi connectivity index (χ1n) is 14.3. The molecule has 3 aromatic carbocycles. The van der Waals surface area contributed by atoms with Crippen LogP contribution in [0.1, 0.15) is 36.0 Å². The summed E-state index contributed by atoms with van der Waals surface area (Å²) < 4.78 is 45.7. The first kappa shape index (κ1) is 30.5. The molecule has 0 saturated carbocycles. The molecule has 1 fully saturated rings. The topological polar surface area (TPSA) is 109 Å². The second-order valence-electron chi connectivity index (χ2n) is 11.0. The summed E-state index contributed by atoms with van der Waals surface area (Å²) >= 11 is 0. The van der Waals surface area contributed by atoms with Crippen molar-refractivity contribution in [1.29, 1.82) is 0 Å². The van der Waals surface area contributed by atoms with Gasteiger partial charge in [0.1, 0.15) is 12.0 Å². The predicted octanol–water partition coefficient (Wildman–Crippen LogP) is 4.72. The van der Waals surface area contributed by atoms with Gasteiger partial charge in [-0.15, -0.1) is 0 Å². The summed E-state index contributed by atoms with van der Waals surface area (Å²) in [6.07, 6.45) is 5.17. The quantitative estimate of drug-likeness (QED) is 0.252. The van der Waals surface area contributed by atoms with Crippen LogP contribution in [0.4, 0.5) is 15.8 Å². The van der Waals surface area contributed by atoms with Crippen LogP contribution in [0.25, 0.3) is 10.9 Å². The van der Waals surface area contributed by atoms with Crippen LogP contribution in [0.2, 0.25) is 0 Å². The number of carbonyl (C=O) groups excluding carboxylic acids is 1. The highest BCUT2D eigenvalue weighted by Gasteiger charge is 2.22. The molecule has 2 heterocycles. The highest BCUT2D eigenvalue weighted by atomic mass is 32.2. The van der Waals surface area contributed by atoms with Crippen molar-refractivity contribution in [1.82, 2.24) is 14.8 Å². The molecule has 1 aromatic heterocycles. The van der Waals surface area contributed by atoms with Crippen LogP contribution in [0, 0.1) is 5.82 Å².